The third kappa shape index (κ3) is 2.74. The maximum atomic E-state index is 12.7. The van der Waals surface area contributed by atoms with E-state index < -0.39 is 0 Å². The van der Waals surface area contributed by atoms with E-state index in [-0.39, 0.29) is 24.0 Å². The second-order valence-corrected chi connectivity index (χ2v) is 6.43. The summed E-state index contributed by atoms with van der Waals surface area (Å²) < 4.78 is 0. The third-order valence-electron chi connectivity index (χ3n) is 4.98. The van der Waals surface area contributed by atoms with Crippen LogP contribution >= 0.6 is 0 Å². The summed E-state index contributed by atoms with van der Waals surface area (Å²) in [6, 6.07) is 10.2. The number of rotatable bonds is 5. The topological polar surface area (TPSA) is 64.3 Å². The van der Waals surface area contributed by atoms with Gasteiger partial charge in [-0.05, 0) is 56.2 Å². The monoisotopic (exact) mass is 298 g/mol. The van der Waals surface area contributed by atoms with Crippen molar-refractivity contribution in [2.75, 3.05) is 13.2 Å². The summed E-state index contributed by atoms with van der Waals surface area (Å²) >= 11 is 0. The second-order valence-electron chi connectivity index (χ2n) is 6.43. The highest BCUT2D eigenvalue weighted by Crippen LogP contribution is 2.47. The number of aliphatic hydroxyl groups excluding tert-OH is 1. The molecule has 0 bridgehead atoms. The second kappa shape index (κ2) is 6.10. The van der Waals surface area contributed by atoms with Crippen molar-refractivity contribution >= 4 is 5.91 Å². The Morgan fingerprint density at radius 3 is 2.68 bits per heavy atom. The van der Waals surface area contributed by atoms with E-state index in [1.165, 1.54) is 0 Å². The minimum absolute atomic E-state index is 0.0776. The van der Waals surface area contributed by atoms with Crippen molar-refractivity contribution in [3.63, 3.8) is 0 Å². The molecule has 22 heavy (non-hydrogen) atoms. The quantitative estimate of drug-likeness (QED) is 0.909. The third-order valence-corrected chi connectivity index (χ3v) is 4.98. The summed E-state index contributed by atoms with van der Waals surface area (Å²) in [6.45, 7) is 0.988. The fourth-order valence-corrected chi connectivity index (χ4v) is 3.42. The van der Waals surface area contributed by atoms with Gasteiger partial charge in [-0.1, -0.05) is 12.1 Å². The molecule has 0 radical (unpaired) electrons. The lowest BCUT2D eigenvalue weighted by Gasteiger charge is -2.24. The Morgan fingerprint density at radius 2 is 2.09 bits per heavy atom. The highest BCUT2D eigenvalue weighted by Gasteiger charge is 2.44. The molecule has 3 rings (SSSR count). The van der Waals surface area contributed by atoms with E-state index in [1.54, 1.807) is 0 Å². The molecule has 1 amide bonds. The van der Waals surface area contributed by atoms with E-state index in [9.17, 15) is 10.1 Å². The Morgan fingerprint density at radius 1 is 1.36 bits per heavy atom. The van der Waals surface area contributed by atoms with Gasteiger partial charge in [-0.25, -0.2) is 0 Å². The molecule has 0 spiro atoms. The molecule has 1 aliphatic carbocycles. The number of nitriles is 1. The summed E-state index contributed by atoms with van der Waals surface area (Å²) in [4.78, 5) is 14.6. The van der Waals surface area contributed by atoms with E-state index in [0.717, 1.165) is 50.6 Å². The number of hydrogen-bond donors (Lipinski definition) is 1. The van der Waals surface area contributed by atoms with Crippen LogP contribution in [0.5, 0.6) is 0 Å². The molecule has 1 aliphatic heterocycles. The zero-order valence-electron chi connectivity index (χ0n) is 12.8. The fourth-order valence-electron chi connectivity index (χ4n) is 3.42. The van der Waals surface area contributed by atoms with Gasteiger partial charge in [0.15, 0.2) is 0 Å². The molecule has 1 aromatic carbocycles. The lowest BCUT2D eigenvalue weighted by molar-refractivity contribution is 0.0724. The van der Waals surface area contributed by atoms with Gasteiger partial charge in [0.1, 0.15) is 0 Å². The molecule has 1 saturated heterocycles. The number of amides is 1. The molecule has 1 unspecified atom stereocenters. The van der Waals surface area contributed by atoms with Gasteiger partial charge in [-0.3, -0.25) is 4.79 Å². The SMILES string of the molecule is N#CC1(c2ccc(C(=O)N3CCCC3CCCO)cc2)CC1. The predicted molar refractivity (Wildman–Crippen MR) is 83.3 cm³/mol. The van der Waals surface area contributed by atoms with Crippen molar-refractivity contribution in [1.29, 1.82) is 5.26 Å². The van der Waals surface area contributed by atoms with Crippen LogP contribution in [0.1, 0.15) is 54.4 Å². The number of aliphatic hydroxyl groups is 1. The minimum atomic E-state index is -0.293. The van der Waals surface area contributed by atoms with E-state index in [1.807, 2.05) is 29.2 Å². The van der Waals surface area contributed by atoms with E-state index in [4.69, 9.17) is 5.11 Å². The summed E-state index contributed by atoms with van der Waals surface area (Å²) in [5, 5.41) is 18.2. The van der Waals surface area contributed by atoms with Crippen molar-refractivity contribution in [2.45, 2.75) is 50.0 Å². The molecule has 4 nitrogen and oxygen atoms in total. The van der Waals surface area contributed by atoms with Crippen LogP contribution in [0.4, 0.5) is 0 Å². The standard InChI is InChI=1S/C18H22N2O2/c19-13-18(9-10-18)15-7-5-14(6-8-15)17(22)20-11-1-3-16(20)4-2-12-21/h5-8,16,21H,1-4,9-12H2. The number of carbonyl (C=O) groups is 1. The van der Waals surface area contributed by atoms with Crippen molar-refractivity contribution in [3.8, 4) is 6.07 Å². The molecule has 1 heterocycles. The van der Waals surface area contributed by atoms with Gasteiger partial charge in [-0.15, -0.1) is 0 Å². The molecule has 116 valence electrons. The van der Waals surface area contributed by atoms with Crippen molar-refractivity contribution in [2.24, 2.45) is 0 Å². The highest BCUT2D eigenvalue weighted by molar-refractivity contribution is 5.94. The minimum Gasteiger partial charge on any atom is -0.396 e. The van der Waals surface area contributed by atoms with Crippen LogP contribution in [0.2, 0.25) is 0 Å². The van der Waals surface area contributed by atoms with Crippen LogP contribution < -0.4 is 0 Å². The first-order valence-electron chi connectivity index (χ1n) is 8.14. The van der Waals surface area contributed by atoms with Gasteiger partial charge in [0.25, 0.3) is 5.91 Å². The summed E-state index contributed by atoms with van der Waals surface area (Å²) in [5.74, 6) is 0.0776. The molecule has 1 aromatic rings. The average molecular weight is 298 g/mol. The Labute approximate surface area is 131 Å². The number of nitrogens with zero attached hydrogens (tertiary/aromatic N) is 2. The van der Waals surface area contributed by atoms with Gasteiger partial charge in [0.2, 0.25) is 0 Å². The number of likely N-dealkylation sites (tertiary alicyclic amines) is 1. The molecule has 1 N–H and O–H groups in total. The number of carbonyl (C=O) groups excluding carboxylic acids is 1. The molecular weight excluding hydrogens is 276 g/mol. The Bertz CT molecular complexity index is 584. The van der Waals surface area contributed by atoms with Crippen LogP contribution in [0.15, 0.2) is 24.3 Å². The van der Waals surface area contributed by atoms with Gasteiger partial charge in [-0.2, -0.15) is 5.26 Å². The zero-order valence-corrected chi connectivity index (χ0v) is 12.8. The molecular formula is C18H22N2O2. The maximum Gasteiger partial charge on any atom is 0.254 e. The Hall–Kier alpha value is -1.86. The Kier molecular flexibility index (Phi) is 4.17. The lowest BCUT2D eigenvalue weighted by Crippen LogP contribution is -2.35. The predicted octanol–water partition coefficient (Wildman–Crippen LogP) is 2.62. The molecule has 0 aromatic heterocycles. The van der Waals surface area contributed by atoms with E-state index in [2.05, 4.69) is 6.07 Å². The summed E-state index contributed by atoms with van der Waals surface area (Å²) in [6.07, 6.45) is 5.53. The Balaban J connectivity index is 1.71. The van der Waals surface area contributed by atoms with Crippen LogP contribution in [0.3, 0.4) is 0 Å². The molecule has 2 fully saturated rings. The first-order valence-corrected chi connectivity index (χ1v) is 8.14. The van der Waals surface area contributed by atoms with Crippen LogP contribution in [0.25, 0.3) is 0 Å². The number of benzene rings is 1. The first-order chi connectivity index (χ1) is 10.7. The summed E-state index contributed by atoms with van der Waals surface area (Å²) in [5.41, 5.74) is 1.44. The highest BCUT2D eigenvalue weighted by atomic mass is 16.3. The fraction of sp³-hybridized carbons (Fsp3) is 0.556. The van der Waals surface area contributed by atoms with Gasteiger partial charge in [0.05, 0.1) is 11.5 Å². The van der Waals surface area contributed by atoms with Gasteiger partial charge < -0.3 is 10.0 Å². The molecule has 1 atom stereocenters. The average Bonchev–Trinajstić information content (AvgIpc) is 3.23. The van der Waals surface area contributed by atoms with E-state index >= 15 is 0 Å². The van der Waals surface area contributed by atoms with Crippen LogP contribution in [-0.4, -0.2) is 35.1 Å². The smallest absolute Gasteiger partial charge is 0.254 e. The van der Waals surface area contributed by atoms with Gasteiger partial charge in [0, 0.05) is 24.8 Å². The maximum absolute atomic E-state index is 12.7. The van der Waals surface area contributed by atoms with Crippen LogP contribution in [-0.2, 0) is 5.41 Å². The van der Waals surface area contributed by atoms with Crippen molar-refractivity contribution in [3.05, 3.63) is 35.4 Å². The molecule has 4 heteroatoms. The number of hydrogen-bond acceptors (Lipinski definition) is 3. The van der Waals surface area contributed by atoms with Crippen molar-refractivity contribution in [1.82, 2.24) is 4.90 Å². The molecule has 1 saturated carbocycles. The molecule has 2 aliphatic rings. The lowest BCUT2D eigenvalue weighted by atomic mass is 9.96. The zero-order chi connectivity index (χ0) is 15.6. The van der Waals surface area contributed by atoms with Crippen LogP contribution in [0, 0.1) is 11.3 Å². The summed E-state index contributed by atoms with van der Waals surface area (Å²) in [7, 11) is 0. The largest absolute Gasteiger partial charge is 0.396 e. The van der Waals surface area contributed by atoms with Gasteiger partial charge >= 0.3 is 0 Å². The normalized spacial score (nSPS) is 22.4. The van der Waals surface area contributed by atoms with E-state index in [0.29, 0.717) is 5.56 Å². The first kappa shape index (κ1) is 15.1. The van der Waals surface area contributed by atoms with Crippen molar-refractivity contribution < 1.29 is 9.90 Å².